The molecular formula is C20H23N5O3. The van der Waals surface area contributed by atoms with Crippen LogP contribution in [0, 0.1) is 0 Å². The third kappa shape index (κ3) is 4.46. The summed E-state index contributed by atoms with van der Waals surface area (Å²) in [4.78, 5) is 45.4. The predicted octanol–water partition coefficient (Wildman–Crippen LogP) is 1.31. The Hall–Kier alpha value is -3.42. The molecule has 1 aromatic heterocycles. The van der Waals surface area contributed by atoms with Crippen LogP contribution in [0.1, 0.15) is 20.8 Å². The number of piperazine rings is 1. The van der Waals surface area contributed by atoms with Gasteiger partial charge in [-0.2, -0.15) is 0 Å². The highest BCUT2D eigenvalue weighted by atomic mass is 16.2. The molecule has 0 bridgehead atoms. The number of rotatable bonds is 5. The lowest BCUT2D eigenvalue weighted by Gasteiger charge is -2.32. The van der Waals surface area contributed by atoms with Gasteiger partial charge in [-0.15, -0.1) is 0 Å². The maximum absolute atomic E-state index is 12.7. The van der Waals surface area contributed by atoms with E-state index >= 15 is 0 Å². The lowest BCUT2D eigenvalue weighted by atomic mass is 10.1. The van der Waals surface area contributed by atoms with Gasteiger partial charge in [0.1, 0.15) is 5.69 Å². The Kier molecular flexibility index (Phi) is 5.88. The summed E-state index contributed by atoms with van der Waals surface area (Å²) in [6.07, 6.45) is 2.25. The van der Waals surface area contributed by atoms with Crippen molar-refractivity contribution >= 4 is 29.6 Å². The minimum Gasteiger partial charge on any atom is -0.378 e. The molecule has 0 unspecified atom stereocenters. The summed E-state index contributed by atoms with van der Waals surface area (Å²) in [5, 5.41) is 2.79. The first-order valence-corrected chi connectivity index (χ1v) is 9.01. The summed E-state index contributed by atoms with van der Waals surface area (Å²) < 4.78 is 0. The first-order chi connectivity index (χ1) is 13.5. The van der Waals surface area contributed by atoms with Crippen LogP contribution in [-0.4, -0.2) is 73.3 Å². The number of nitrogens with zero attached hydrogens (tertiary/aromatic N) is 4. The van der Waals surface area contributed by atoms with Gasteiger partial charge >= 0.3 is 0 Å². The lowest BCUT2D eigenvalue weighted by Crippen LogP contribution is -2.48. The van der Waals surface area contributed by atoms with Crippen molar-refractivity contribution in [2.75, 3.05) is 50.5 Å². The SMILES string of the molecule is CN(C)c1ccc(NC(=O)c2cc(C(=O)N3CCN(C=O)CC3)ccn2)cc1. The first-order valence-electron chi connectivity index (χ1n) is 9.01. The third-order valence-electron chi connectivity index (χ3n) is 4.63. The summed E-state index contributed by atoms with van der Waals surface area (Å²) >= 11 is 0. The van der Waals surface area contributed by atoms with Gasteiger partial charge in [-0.3, -0.25) is 19.4 Å². The highest BCUT2D eigenvalue weighted by Crippen LogP contribution is 2.17. The van der Waals surface area contributed by atoms with Gasteiger partial charge < -0.3 is 20.0 Å². The average Bonchev–Trinajstić information content (AvgIpc) is 2.73. The zero-order valence-corrected chi connectivity index (χ0v) is 16.0. The van der Waals surface area contributed by atoms with Crippen molar-refractivity contribution in [3.63, 3.8) is 0 Å². The van der Waals surface area contributed by atoms with Gasteiger partial charge in [0.2, 0.25) is 6.41 Å². The summed E-state index contributed by atoms with van der Waals surface area (Å²) in [6, 6.07) is 10.5. The fraction of sp³-hybridized carbons (Fsp3) is 0.300. The van der Waals surface area contributed by atoms with Crippen LogP contribution in [0.3, 0.4) is 0 Å². The number of carbonyl (C=O) groups is 3. The average molecular weight is 381 g/mol. The molecule has 1 N–H and O–H groups in total. The normalized spacial score (nSPS) is 13.8. The maximum atomic E-state index is 12.7. The van der Waals surface area contributed by atoms with Crippen molar-refractivity contribution in [3.8, 4) is 0 Å². The summed E-state index contributed by atoms with van der Waals surface area (Å²) in [5.41, 5.74) is 2.26. The molecule has 3 rings (SSSR count). The van der Waals surface area contributed by atoms with Crippen molar-refractivity contribution in [1.29, 1.82) is 0 Å². The van der Waals surface area contributed by atoms with E-state index in [-0.39, 0.29) is 17.5 Å². The summed E-state index contributed by atoms with van der Waals surface area (Å²) in [7, 11) is 3.89. The number of benzene rings is 1. The third-order valence-corrected chi connectivity index (χ3v) is 4.63. The number of hydrogen-bond acceptors (Lipinski definition) is 5. The van der Waals surface area contributed by atoms with Crippen LogP contribution in [-0.2, 0) is 4.79 Å². The van der Waals surface area contributed by atoms with E-state index in [9.17, 15) is 14.4 Å². The monoisotopic (exact) mass is 381 g/mol. The topological polar surface area (TPSA) is 85.9 Å². The molecule has 0 atom stereocenters. The van der Waals surface area contributed by atoms with Crippen LogP contribution >= 0.6 is 0 Å². The van der Waals surface area contributed by atoms with Crippen LogP contribution < -0.4 is 10.2 Å². The van der Waals surface area contributed by atoms with E-state index in [1.807, 2.05) is 43.3 Å². The van der Waals surface area contributed by atoms with Crippen LogP contribution in [0.5, 0.6) is 0 Å². The summed E-state index contributed by atoms with van der Waals surface area (Å²) in [6.45, 7) is 1.96. The molecule has 0 aliphatic carbocycles. The van der Waals surface area contributed by atoms with E-state index in [1.165, 1.54) is 12.3 Å². The van der Waals surface area contributed by atoms with E-state index in [2.05, 4.69) is 10.3 Å². The van der Waals surface area contributed by atoms with E-state index in [0.717, 1.165) is 12.1 Å². The number of pyridine rings is 1. The Balaban J connectivity index is 1.67. The van der Waals surface area contributed by atoms with Gasteiger partial charge in [-0.1, -0.05) is 0 Å². The second-order valence-corrected chi connectivity index (χ2v) is 6.76. The lowest BCUT2D eigenvalue weighted by molar-refractivity contribution is -0.119. The fourth-order valence-corrected chi connectivity index (χ4v) is 2.94. The van der Waals surface area contributed by atoms with Gasteiger partial charge in [-0.05, 0) is 36.4 Å². The van der Waals surface area contributed by atoms with Crippen molar-refractivity contribution < 1.29 is 14.4 Å². The molecule has 1 aromatic carbocycles. The van der Waals surface area contributed by atoms with Gasteiger partial charge in [-0.25, -0.2) is 0 Å². The molecule has 8 heteroatoms. The second-order valence-electron chi connectivity index (χ2n) is 6.76. The van der Waals surface area contributed by atoms with Crippen LogP contribution in [0.25, 0.3) is 0 Å². The number of carbonyl (C=O) groups excluding carboxylic acids is 3. The molecular weight excluding hydrogens is 358 g/mol. The molecule has 146 valence electrons. The Labute approximate surface area is 163 Å². The zero-order valence-electron chi connectivity index (χ0n) is 16.0. The van der Waals surface area contributed by atoms with Gasteiger partial charge in [0, 0.05) is 63.4 Å². The highest BCUT2D eigenvalue weighted by Gasteiger charge is 2.22. The van der Waals surface area contributed by atoms with Crippen molar-refractivity contribution in [2.24, 2.45) is 0 Å². The van der Waals surface area contributed by atoms with Crippen molar-refractivity contribution in [3.05, 3.63) is 53.9 Å². The molecule has 3 amide bonds. The number of nitrogens with one attached hydrogen (secondary N) is 1. The molecule has 28 heavy (non-hydrogen) atoms. The largest absolute Gasteiger partial charge is 0.378 e. The van der Waals surface area contributed by atoms with Crippen LogP contribution in [0.15, 0.2) is 42.6 Å². The zero-order chi connectivity index (χ0) is 20.1. The molecule has 1 aliphatic heterocycles. The number of anilines is 2. The smallest absolute Gasteiger partial charge is 0.274 e. The molecule has 0 radical (unpaired) electrons. The number of hydrogen-bond donors (Lipinski definition) is 1. The van der Waals surface area contributed by atoms with Gasteiger partial charge in [0.05, 0.1) is 0 Å². The van der Waals surface area contributed by atoms with E-state index in [1.54, 1.807) is 15.9 Å². The van der Waals surface area contributed by atoms with Gasteiger partial charge in [0.25, 0.3) is 11.8 Å². The Morgan fingerprint density at radius 1 is 1.07 bits per heavy atom. The highest BCUT2D eigenvalue weighted by molar-refractivity contribution is 6.04. The van der Waals surface area contributed by atoms with Crippen LogP contribution in [0.4, 0.5) is 11.4 Å². The fourth-order valence-electron chi connectivity index (χ4n) is 2.94. The molecule has 1 fully saturated rings. The van der Waals surface area contributed by atoms with Crippen LogP contribution in [0.2, 0.25) is 0 Å². The van der Waals surface area contributed by atoms with E-state index in [4.69, 9.17) is 0 Å². The molecule has 8 nitrogen and oxygen atoms in total. The van der Waals surface area contributed by atoms with E-state index < -0.39 is 0 Å². The number of aromatic nitrogens is 1. The number of amides is 3. The Morgan fingerprint density at radius 3 is 2.36 bits per heavy atom. The quantitative estimate of drug-likeness (QED) is 0.790. The van der Waals surface area contributed by atoms with Gasteiger partial charge in [0.15, 0.2) is 0 Å². The maximum Gasteiger partial charge on any atom is 0.274 e. The molecule has 2 heterocycles. The molecule has 1 saturated heterocycles. The molecule has 0 spiro atoms. The summed E-state index contributed by atoms with van der Waals surface area (Å²) in [5.74, 6) is -0.546. The predicted molar refractivity (Wildman–Crippen MR) is 106 cm³/mol. The van der Waals surface area contributed by atoms with E-state index in [0.29, 0.717) is 37.4 Å². The molecule has 2 aromatic rings. The van der Waals surface area contributed by atoms with Crippen molar-refractivity contribution in [1.82, 2.24) is 14.8 Å². The van der Waals surface area contributed by atoms with Crippen molar-refractivity contribution in [2.45, 2.75) is 0 Å². The molecule has 1 aliphatic rings. The Morgan fingerprint density at radius 2 is 1.75 bits per heavy atom. The standard InChI is InChI=1S/C20H23N5O3/c1-23(2)17-5-3-16(4-6-17)22-19(27)18-13-15(7-8-21-18)20(28)25-11-9-24(14-26)10-12-25/h3-8,13-14H,9-12H2,1-2H3,(H,22,27). The Bertz CT molecular complexity index is 858. The minimum absolute atomic E-state index is 0.169. The first kappa shape index (κ1) is 19.3. The second kappa shape index (κ2) is 8.51. The molecule has 0 saturated carbocycles. The minimum atomic E-state index is -0.377.